The van der Waals surface area contributed by atoms with Crippen molar-refractivity contribution in [1.29, 1.82) is 0 Å². The Hall–Kier alpha value is -6.49. The SMILES string of the molecule is COC(=O)N[C@H](C(=O)N1CCCC1c1ncc(-c2ccc(-c3ccc(-c4cnc([C@@H]5CCCN5C(=O)[C@H](Cc5cncn5C)NC(=O)O)[nH]4)cc3)cc2)[nH]1)[C@@H](C)OC. The Morgan fingerprint density at radius 3 is 1.78 bits per heavy atom. The van der Waals surface area contributed by atoms with E-state index in [1.165, 1.54) is 14.2 Å². The highest BCUT2D eigenvalue weighted by atomic mass is 16.5. The summed E-state index contributed by atoms with van der Waals surface area (Å²) in [4.78, 5) is 74.7. The van der Waals surface area contributed by atoms with Gasteiger partial charge < -0.3 is 49.5 Å². The third-order valence-electron chi connectivity index (χ3n) is 11.1. The van der Waals surface area contributed by atoms with Gasteiger partial charge in [-0.2, -0.15) is 0 Å². The van der Waals surface area contributed by atoms with Gasteiger partial charge in [0.05, 0.1) is 55.4 Å². The van der Waals surface area contributed by atoms with Crippen LogP contribution in [0.3, 0.4) is 0 Å². The van der Waals surface area contributed by atoms with E-state index in [9.17, 15) is 24.3 Å². The molecule has 2 saturated heterocycles. The molecule has 5 heterocycles. The summed E-state index contributed by atoms with van der Waals surface area (Å²) in [5.41, 5.74) is 6.32. The molecule has 5 N–H and O–H groups in total. The van der Waals surface area contributed by atoms with Gasteiger partial charge in [0.15, 0.2) is 0 Å². The van der Waals surface area contributed by atoms with Crippen molar-refractivity contribution in [3.63, 3.8) is 0 Å². The third-order valence-corrected chi connectivity index (χ3v) is 11.1. The Kier molecular flexibility index (Phi) is 11.9. The second-order valence-corrected chi connectivity index (χ2v) is 14.7. The molecule has 4 amide bonds. The zero-order valence-corrected chi connectivity index (χ0v) is 32.8. The lowest BCUT2D eigenvalue weighted by molar-refractivity contribution is -0.137. The van der Waals surface area contributed by atoms with E-state index in [1.807, 2.05) is 55.6 Å². The molecule has 0 spiro atoms. The number of hydrogen-bond acceptors (Lipinski definition) is 9. The predicted octanol–water partition coefficient (Wildman–Crippen LogP) is 4.83. The van der Waals surface area contributed by atoms with Crippen LogP contribution in [-0.4, -0.2) is 114 Å². The minimum atomic E-state index is -1.26. The standard InChI is InChI=1S/C41H48N10O7/c1-24(57-3)35(48-41(56)58-4)39(53)51-18-6-8-34(51)37-44-22-32(46-37)28-15-11-26(12-16-28)25-9-13-27(14-10-25)31-21-43-36(45-31)33-7-5-17-50(33)38(52)30(47-40(54)55)19-29-20-42-23-49(29)2/h9-16,20-24,30,33-35,47H,5-8,17-19H2,1-4H3,(H,43,45)(H,44,46)(H,48,56)(H,54,55)/t24-,30+,33+,34?,35+/m1/s1. The minimum absolute atomic E-state index is 0.186. The number of likely N-dealkylation sites (tertiary alicyclic amines) is 2. The van der Waals surface area contributed by atoms with Crippen LogP contribution in [0.2, 0.25) is 0 Å². The van der Waals surface area contributed by atoms with Crippen molar-refractivity contribution in [3.05, 3.63) is 90.8 Å². The van der Waals surface area contributed by atoms with Gasteiger partial charge in [0, 0.05) is 45.6 Å². The molecule has 2 aliphatic heterocycles. The van der Waals surface area contributed by atoms with Gasteiger partial charge in [-0.25, -0.2) is 24.5 Å². The molecule has 5 aromatic rings. The zero-order chi connectivity index (χ0) is 40.9. The topological polar surface area (TPSA) is 213 Å². The van der Waals surface area contributed by atoms with Crippen molar-refractivity contribution in [2.24, 2.45) is 7.05 Å². The van der Waals surface area contributed by atoms with E-state index in [-0.39, 0.29) is 30.3 Å². The maximum absolute atomic E-state index is 13.7. The first-order valence-corrected chi connectivity index (χ1v) is 19.3. The lowest BCUT2D eigenvalue weighted by atomic mass is 10.0. The Balaban J connectivity index is 1.00. The second-order valence-electron chi connectivity index (χ2n) is 14.7. The van der Waals surface area contributed by atoms with E-state index >= 15 is 0 Å². The van der Waals surface area contributed by atoms with Crippen molar-refractivity contribution in [1.82, 2.24) is 49.9 Å². The summed E-state index contributed by atoms with van der Waals surface area (Å²) in [5.74, 6) is 0.785. The van der Waals surface area contributed by atoms with Crippen molar-refractivity contribution in [3.8, 4) is 33.6 Å². The molecule has 0 aliphatic carbocycles. The van der Waals surface area contributed by atoms with Gasteiger partial charge in [-0.05, 0) is 54.9 Å². The first kappa shape index (κ1) is 39.7. The number of H-pyrrole nitrogens is 2. The lowest BCUT2D eigenvalue weighted by Gasteiger charge is -2.30. The number of ether oxygens (including phenoxy) is 2. The van der Waals surface area contributed by atoms with Gasteiger partial charge in [-0.3, -0.25) is 9.59 Å². The molecular weight excluding hydrogens is 745 g/mol. The number of aromatic nitrogens is 6. The number of alkyl carbamates (subject to hydrolysis) is 1. The molecule has 0 saturated carbocycles. The molecule has 58 heavy (non-hydrogen) atoms. The molecule has 3 aromatic heterocycles. The number of methoxy groups -OCH3 is 2. The van der Waals surface area contributed by atoms with E-state index in [4.69, 9.17) is 9.47 Å². The highest BCUT2D eigenvalue weighted by Gasteiger charge is 2.39. The fraction of sp³-hybridized carbons (Fsp3) is 0.390. The number of rotatable bonds is 13. The van der Waals surface area contributed by atoms with Gasteiger partial charge >= 0.3 is 12.2 Å². The average molecular weight is 793 g/mol. The van der Waals surface area contributed by atoms with Crippen molar-refractivity contribution < 1.29 is 33.8 Å². The summed E-state index contributed by atoms with van der Waals surface area (Å²) >= 11 is 0. The molecule has 2 aliphatic rings. The summed E-state index contributed by atoms with van der Waals surface area (Å²) in [7, 11) is 4.55. The fourth-order valence-corrected chi connectivity index (χ4v) is 7.84. The maximum Gasteiger partial charge on any atom is 0.407 e. The van der Waals surface area contributed by atoms with Crippen LogP contribution in [0.1, 0.15) is 62.0 Å². The molecule has 5 atom stereocenters. The van der Waals surface area contributed by atoms with E-state index in [0.29, 0.717) is 31.2 Å². The number of aromatic amines is 2. The largest absolute Gasteiger partial charge is 0.465 e. The quantitative estimate of drug-likeness (QED) is 0.110. The van der Waals surface area contributed by atoms with E-state index in [1.54, 1.807) is 46.2 Å². The van der Waals surface area contributed by atoms with Gasteiger partial charge in [-0.15, -0.1) is 0 Å². The highest BCUT2D eigenvalue weighted by Crippen LogP contribution is 2.35. The Bertz CT molecular complexity index is 2230. The van der Waals surface area contributed by atoms with Gasteiger partial charge in [0.2, 0.25) is 11.8 Å². The van der Waals surface area contributed by atoms with Crippen LogP contribution in [0.4, 0.5) is 9.59 Å². The van der Waals surface area contributed by atoms with Gasteiger partial charge in [0.25, 0.3) is 0 Å². The minimum Gasteiger partial charge on any atom is -0.465 e. The van der Waals surface area contributed by atoms with Crippen LogP contribution in [0.25, 0.3) is 33.6 Å². The Labute approximate surface area is 335 Å². The fourth-order valence-electron chi connectivity index (χ4n) is 7.84. The third kappa shape index (κ3) is 8.44. The molecule has 17 heteroatoms. The van der Waals surface area contributed by atoms with Gasteiger partial charge in [-0.1, -0.05) is 48.5 Å². The van der Waals surface area contributed by atoms with Crippen LogP contribution in [0, 0.1) is 0 Å². The second kappa shape index (κ2) is 17.3. The number of amides is 4. The molecule has 7 rings (SSSR count). The number of carbonyl (C=O) groups excluding carboxylic acids is 3. The lowest BCUT2D eigenvalue weighted by Crippen LogP contribution is -2.54. The van der Waals surface area contributed by atoms with E-state index in [2.05, 4.69) is 35.6 Å². The molecule has 0 bridgehead atoms. The number of benzene rings is 2. The molecule has 304 valence electrons. The van der Waals surface area contributed by atoms with Crippen molar-refractivity contribution >= 4 is 24.0 Å². The first-order valence-electron chi connectivity index (χ1n) is 19.3. The van der Waals surface area contributed by atoms with Crippen LogP contribution >= 0.6 is 0 Å². The number of hydrogen-bond donors (Lipinski definition) is 5. The van der Waals surface area contributed by atoms with Crippen LogP contribution < -0.4 is 10.6 Å². The number of carboxylic acid groups (broad SMARTS) is 1. The first-order chi connectivity index (χ1) is 28.0. The van der Waals surface area contributed by atoms with Crippen molar-refractivity contribution in [2.75, 3.05) is 27.3 Å². The molecule has 0 radical (unpaired) electrons. The predicted molar refractivity (Wildman–Crippen MR) is 212 cm³/mol. The van der Waals surface area contributed by atoms with Crippen molar-refractivity contribution in [2.45, 2.75) is 69.3 Å². The molecule has 2 aromatic carbocycles. The number of imidazole rings is 3. The number of carbonyl (C=O) groups is 4. The van der Waals surface area contributed by atoms with E-state index in [0.717, 1.165) is 58.6 Å². The van der Waals surface area contributed by atoms with Crippen LogP contribution in [0.15, 0.2) is 73.4 Å². The summed E-state index contributed by atoms with van der Waals surface area (Å²) in [6.45, 7) is 2.77. The smallest absolute Gasteiger partial charge is 0.407 e. The Morgan fingerprint density at radius 1 is 0.793 bits per heavy atom. The number of aryl methyl sites for hydroxylation is 1. The zero-order valence-electron chi connectivity index (χ0n) is 32.8. The molecule has 17 nitrogen and oxygen atoms in total. The molecule has 2 fully saturated rings. The monoisotopic (exact) mass is 792 g/mol. The van der Waals surface area contributed by atoms with E-state index < -0.39 is 30.4 Å². The summed E-state index contributed by atoms with van der Waals surface area (Å²) in [6, 6.07) is 13.8. The van der Waals surface area contributed by atoms with Crippen LogP contribution in [-0.2, 0) is 32.5 Å². The molecular formula is C41H48N10O7. The highest BCUT2D eigenvalue weighted by molar-refractivity contribution is 5.87. The summed E-state index contributed by atoms with van der Waals surface area (Å²) < 4.78 is 11.9. The summed E-state index contributed by atoms with van der Waals surface area (Å²) in [5, 5.41) is 14.5. The number of nitrogens with one attached hydrogen (secondary N) is 4. The average Bonchev–Trinajstić information content (AvgIpc) is 4.09. The normalized spacial score (nSPS) is 18.1. The number of nitrogens with zero attached hydrogens (tertiary/aromatic N) is 6. The maximum atomic E-state index is 13.7. The summed E-state index contributed by atoms with van der Waals surface area (Å²) in [6.07, 6.45) is 7.48. The van der Waals surface area contributed by atoms with Crippen LogP contribution in [0.5, 0.6) is 0 Å². The Morgan fingerprint density at radius 2 is 1.31 bits per heavy atom. The molecule has 1 unspecified atom stereocenters. The van der Waals surface area contributed by atoms with Gasteiger partial charge in [0.1, 0.15) is 23.7 Å².